The third-order valence-electron chi connectivity index (χ3n) is 5.94. The van der Waals surface area contributed by atoms with Crippen LogP contribution in [0.1, 0.15) is 0 Å². The summed E-state index contributed by atoms with van der Waals surface area (Å²) in [5.41, 5.74) is 5.93. The van der Waals surface area contributed by atoms with Crippen LogP contribution in [0, 0.1) is 3.57 Å². The first-order valence-electron chi connectivity index (χ1n) is 10.9. The van der Waals surface area contributed by atoms with Crippen LogP contribution in [-0.2, 0) is 0 Å². The molecule has 0 aliphatic heterocycles. The first-order chi connectivity index (χ1) is 16.3. The number of halogens is 1. The van der Waals surface area contributed by atoms with Gasteiger partial charge in [0.05, 0.1) is 0 Å². The maximum atomic E-state index is 2.36. The SMILES string of the molecule is Ic1ccc(N(c2ccc(-c3ccccc3)cc2)c2ccc3c(c2)sc2ccccc23)cc1. The number of hydrogen-bond donors (Lipinski definition) is 0. The van der Waals surface area contributed by atoms with Crippen LogP contribution in [-0.4, -0.2) is 0 Å². The summed E-state index contributed by atoms with van der Waals surface area (Å²) in [6.07, 6.45) is 0. The summed E-state index contributed by atoms with van der Waals surface area (Å²) < 4.78 is 3.87. The molecule has 0 amide bonds. The number of nitrogens with zero attached hydrogens (tertiary/aromatic N) is 1. The minimum Gasteiger partial charge on any atom is -0.310 e. The number of rotatable bonds is 4. The van der Waals surface area contributed by atoms with Gasteiger partial charge < -0.3 is 4.90 Å². The summed E-state index contributed by atoms with van der Waals surface area (Å²) in [6, 6.07) is 43.6. The first kappa shape index (κ1) is 20.5. The second kappa shape index (κ2) is 8.65. The van der Waals surface area contributed by atoms with Crippen LogP contribution in [0.15, 0.2) is 121 Å². The fraction of sp³-hybridized carbons (Fsp3) is 0. The molecule has 0 aliphatic carbocycles. The van der Waals surface area contributed by atoms with Gasteiger partial charge in [0.1, 0.15) is 0 Å². The molecule has 0 aliphatic rings. The van der Waals surface area contributed by atoms with Gasteiger partial charge in [-0.25, -0.2) is 0 Å². The third-order valence-corrected chi connectivity index (χ3v) is 7.79. The molecule has 0 radical (unpaired) electrons. The average Bonchev–Trinajstić information content (AvgIpc) is 3.24. The molecule has 6 rings (SSSR count). The van der Waals surface area contributed by atoms with E-state index in [9.17, 15) is 0 Å². The van der Waals surface area contributed by atoms with Gasteiger partial charge in [-0.15, -0.1) is 11.3 Å². The largest absolute Gasteiger partial charge is 0.310 e. The molecule has 0 saturated heterocycles. The van der Waals surface area contributed by atoms with E-state index in [1.165, 1.54) is 40.6 Å². The van der Waals surface area contributed by atoms with Crippen molar-refractivity contribution in [1.82, 2.24) is 0 Å². The van der Waals surface area contributed by atoms with Crippen molar-refractivity contribution in [3.8, 4) is 11.1 Å². The molecule has 5 aromatic carbocycles. The molecule has 0 spiro atoms. The number of thiophene rings is 1. The predicted octanol–water partition coefficient (Wildman–Crippen LogP) is 9.80. The number of anilines is 3. The van der Waals surface area contributed by atoms with E-state index >= 15 is 0 Å². The Morgan fingerprint density at radius 2 is 1.06 bits per heavy atom. The Morgan fingerprint density at radius 1 is 0.485 bits per heavy atom. The summed E-state index contributed by atoms with van der Waals surface area (Å²) in [5, 5.41) is 2.65. The van der Waals surface area contributed by atoms with Gasteiger partial charge in [-0.05, 0) is 88.3 Å². The maximum Gasteiger partial charge on any atom is 0.0476 e. The molecule has 158 valence electrons. The fourth-order valence-electron chi connectivity index (χ4n) is 4.32. The molecule has 1 aromatic heterocycles. The zero-order valence-corrected chi connectivity index (χ0v) is 20.8. The quantitative estimate of drug-likeness (QED) is 0.197. The predicted molar refractivity (Wildman–Crippen MR) is 152 cm³/mol. The molecule has 0 atom stereocenters. The molecular weight excluding hydrogens is 533 g/mol. The van der Waals surface area contributed by atoms with Gasteiger partial charge in [-0.2, -0.15) is 0 Å². The van der Waals surface area contributed by atoms with Crippen LogP contribution >= 0.6 is 33.9 Å². The lowest BCUT2D eigenvalue weighted by molar-refractivity contribution is 1.29. The highest BCUT2D eigenvalue weighted by atomic mass is 127. The lowest BCUT2D eigenvalue weighted by Gasteiger charge is -2.26. The lowest BCUT2D eigenvalue weighted by atomic mass is 10.0. The van der Waals surface area contributed by atoms with Gasteiger partial charge in [0, 0.05) is 40.8 Å². The normalized spacial score (nSPS) is 11.2. The summed E-state index contributed by atoms with van der Waals surface area (Å²) in [5.74, 6) is 0. The molecule has 33 heavy (non-hydrogen) atoms. The van der Waals surface area contributed by atoms with Crippen molar-refractivity contribution in [2.75, 3.05) is 4.90 Å². The van der Waals surface area contributed by atoms with E-state index < -0.39 is 0 Å². The Labute approximate surface area is 211 Å². The van der Waals surface area contributed by atoms with Gasteiger partial charge in [0.15, 0.2) is 0 Å². The Kier molecular flexibility index (Phi) is 5.36. The monoisotopic (exact) mass is 553 g/mol. The minimum absolute atomic E-state index is 1.15. The zero-order chi connectivity index (χ0) is 22.2. The number of benzene rings is 5. The molecule has 0 unspecified atom stereocenters. The molecule has 6 aromatic rings. The molecule has 1 nitrogen and oxygen atoms in total. The van der Waals surface area contributed by atoms with Crippen LogP contribution in [0.4, 0.5) is 17.1 Å². The second-order valence-electron chi connectivity index (χ2n) is 8.00. The molecular formula is C30H20INS. The van der Waals surface area contributed by atoms with Crippen LogP contribution in [0.3, 0.4) is 0 Å². The van der Waals surface area contributed by atoms with E-state index in [0.717, 1.165) is 11.4 Å². The topological polar surface area (TPSA) is 3.24 Å². The van der Waals surface area contributed by atoms with E-state index in [1.54, 1.807) is 0 Å². The van der Waals surface area contributed by atoms with Crippen LogP contribution in [0.25, 0.3) is 31.3 Å². The van der Waals surface area contributed by atoms with Crippen molar-refractivity contribution in [2.24, 2.45) is 0 Å². The first-order valence-corrected chi connectivity index (χ1v) is 12.8. The van der Waals surface area contributed by atoms with Gasteiger partial charge in [-0.1, -0.05) is 66.7 Å². The fourth-order valence-corrected chi connectivity index (χ4v) is 5.82. The zero-order valence-electron chi connectivity index (χ0n) is 17.8. The van der Waals surface area contributed by atoms with Crippen molar-refractivity contribution in [2.45, 2.75) is 0 Å². The standard InChI is InChI=1S/C30H20INS/c31-23-12-16-25(17-13-23)32(24-14-10-22(11-15-24)21-6-2-1-3-7-21)26-18-19-28-27-8-4-5-9-29(27)33-30(28)20-26/h1-20H. The molecule has 0 N–H and O–H groups in total. The van der Waals surface area contributed by atoms with E-state index in [0.29, 0.717) is 0 Å². The van der Waals surface area contributed by atoms with Crippen molar-refractivity contribution < 1.29 is 0 Å². The van der Waals surface area contributed by atoms with Crippen molar-refractivity contribution in [3.63, 3.8) is 0 Å². The highest BCUT2D eigenvalue weighted by Crippen LogP contribution is 2.40. The van der Waals surface area contributed by atoms with E-state index in [-0.39, 0.29) is 0 Å². The number of hydrogen-bond acceptors (Lipinski definition) is 2. The molecule has 3 heteroatoms. The second-order valence-corrected chi connectivity index (χ2v) is 10.3. The Hall–Kier alpha value is -3.15. The van der Waals surface area contributed by atoms with E-state index in [4.69, 9.17) is 0 Å². The lowest BCUT2D eigenvalue weighted by Crippen LogP contribution is -2.09. The smallest absolute Gasteiger partial charge is 0.0476 e. The van der Waals surface area contributed by atoms with Crippen molar-refractivity contribution >= 4 is 71.2 Å². The van der Waals surface area contributed by atoms with Crippen molar-refractivity contribution in [3.05, 3.63) is 125 Å². The summed E-state index contributed by atoms with van der Waals surface area (Å²) in [6.45, 7) is 0. The van der Waals surface area contributed by atoms with E-state index in [2.05, 4.69) is 149 Å². The highest BCUT2D eigenvalue weighted by molar-refractivity contribution is 14.1. The molecule has 1 heterocycles. The van der Waals surface area contributed by atoms with Gasteiger partial charge in [0.25, 0.3) is 0 Å². The van der Waals surface area contributed by atoms with Crippen LogP contribution < -0.4 is 4.90 Å². The summed E-state index contributed by atoms with van der Waals surface area (Å²) in [7, 11) is 0. The van der Waals surface area contributed by atoms with Gasteiger partial charge in [-0.3, -0.25) is 0 Å². The van der Waals surface area contributed by atoms with Crippen molar-refractivity contribution in [1.29, 1.82) is 0 Å². The third kappa shape index (κ3) is 3.92. The summed E-state index contributed by atoms with van der Waals surface area (Å²) in [4.78, 5) is 2.34. The molecule has 0 fully saturated rings. The minimum atomic E-state index is 1.15. The molecule has 0 saturated carbocycles. The van der Waals surface area contributed by atoms with Gasteiger partial charge in [0.2, 0.25) is 0 Å². The average molecular weight is 553 g/mol. The Balaban J connectivity index is 1.48. The van der Waals surface area contributed by atoms with Crippen LogP contribution in [0.5, 0.6) is 0 Å². The summed E-state index contributed by atoms with van der Waals surface area (Å²) >= 11 is 4.22. The molecule has 0 bridgehead atoms. The Morgan fingerprint density at radius 3 is 1.82 bits per heavy atom. The van der Waals surface area contributed by atoms with E-state index in [1.807, 2.05) is 11.3 Å². The number of fused-ring (bicyclic) bond motifs is 3. The van der Waals surface area contributed by atoms with Crippen LogP contribution in [0.2, 0.25) is 0 Å². The maximum absolute atomic E-state index is 2.36. The van der Waals surface area contributed by atoms with Gasteiger partial charge >= 0.3 is 0 Å². The highest BCUT2D eigenvalue weighted by Gasteiger charge is 2.15. The Bertz CT molecular complexity index is 1550.